The zero-order valence-corrected chi connectivity index (χ0v) is 17.8. The number of benzene rings is 1. The number of carboxylic acids is 1. The second-order valence-electron chi connectivity index (χ2n) is 6.93. The van der Waals surface area contributed by atoms with Crippen molar-refractivity contribution in [2.45, 2.75) is 26.2 Å². The van der Waals surface area contributed by atoms with Gasteiger partial charge in [0, 0.05) is 18.2 Å². The fourth-order valence-corrected chi connectivity index (χ4v) is 2.96. The normalized spacial score (nSPS) is 11.8. The molecule has 0 saturated carbocycles. The fourth-order valence-electron chi connectivity index (χ4n) is 2.58. The molecule has 0 saturated heterocycles. The topological polar surface area (TPSA) is 118 Å². The number of ketones is 1. The van der Waals surface area contributed by atoms with Crippen LogP contribution in [0.1, 0.15) is 37.4 Å². The van der Waals surface area contributed by atoms with Crippen LogP contribution in [0.2, 0.25) is 0 Å². The van der Waals surface area contributed by atoms with Crippen LogP contribution in [0.4, 0.5) is 10.3 Å². The first-order valence-electron chi connectivity index (χ1n) is 8.94. The number of hydrogen-bond acceptors (Lipinski definition) is 6. The van der Waals surface area contributed by atoms with Gasteiger partial charge in [-0.25, -0.2) is 27.1 Å². The molecule has 1 heterocycles. The molecular weight excluding hydrogens is 413 g/mol. The molecule has 30 heavy (non-hydrogen) atoms. The lowest BCUT2D eigenvalue weighted by atomic mass is 9.97. The maximum absolute atomic E-state index is 13.4. The highest BCUT2D eigenvalue weighted by Crippen LogP contribution is 2.31. The summed E-state index contributed by atoms with van der Waals surface area (Å²) in [6.45, 7) is 3.66. The molecule has 2 rings (SSSR count). The first-order chi connectivity index (χ1) is 13.9. The Bertz CT molecular complexity index is 1100. The molecule has 160 valence electrons. The summed E-state index contributed by atoms with van der Waals surface area (Å²) in [5, 5.41) is 8.78. The largest absolute Gasteiger partial charge is 0.481 e. The number of nitrogens with zero attached hydrogens (tertiary/aromatic N) is 3. The smallest absolute Gasteiger partial charge is 0.311 e. The SMILES string of the molecule is CC(C)c1nc(N(C)S(C)(=O)=O)nc(-c2ccc(F)cc2)c1/C=C/C(=O)CC(=O)O. The maximum Gasteiger partial charge on any atom is 0.311 e. The molecule has 8 nitrogen and oxygen atoms in total. The van der Waals surface area contributed by atoms with E-state index in [4.69, 9.17) is 5.11 Å². The van der Waals surface area contributed by atoms with Gasteiger partial charge in [0.1, 0.15) is 12.2 Å². The van der Waals surface area contributed by atoms with Crippen LogP contribution in [-0.2, 0) is 19.6 Å². The summed E-state index contributed by atoms with van der Waals surface area (Å²) in [7, 11) is -2.33. The number of aromatic nitrogens is 2. The van der Waals surface area contributed by atoms with Crippen molar-refractivity contribution in [1.29, 1.82) is 0 Å². The molecule has 0 aliphatic carbocycles. The van der Waals surface area contributed by atoms with Crippen LogP contribution in [-0.4, -0.2) is 48.5 Å². The Balaban J connectivity index is 2.76. The third kappa shape index (κ3) is 5.69. The predicted octanol–water partition coefficient (Wildman–Crippen LogP) is 2.86. The van der Waals surface area contributed by atoms with Crippen LogP contribution >= 0.6 is 0 Å². The van der Waals surface area contributed by atoms with Crippen molar-refractivity contribution in [2.75, 3.05) is 17.6 Å². The van der Waals surface area contributed by atoms with Crippen LogP contribution in [0.25, 0.3) is 17.3 Å². The minimum atomic E-state index is -3.65. The molecule has 0 fully saturated rings. The molecule has 1 aromatic heterocycles. The molecule has 0 amide bonds. The summed E-state index contributed by atoms with van der Waals surface area (Å²) >= 11 is 0. The number of carbonyl (C=O) groups excluding carboxylic acids is 1. The molecule has 0 aliphatic heterocycles. The van der Waals surface area contributed by atoms with Crippen LogP contribution in [0.3, 0.4) is 0 Å². The van der Waals surface area contributed by atoms with E-state index in [2.05, 4.69) is 9.97 Å². The molecule has 1 N–H and O–H groups in total. The summed E-state index contributed by atoms with van der Waals surface area (Å²) in [6.07, 6.45) is 2.87. The van der Waals surface area contributed by atoms with E-state index >= 15 is 0 Å². The van der Waals surface area contributed by atoms with Gasteiger partial charge < -0.3 is 5.11 Å². The molecular formula is C20H22FN3O5S. The van der Waals surface area contributed by atoms with Gasteiger partial charge in [-0.15, -0.1) is 0 Å². The second-order valence-corrected chi connectivity index (χ2v) is 8.95. The zero-order chi connectivity index (χ0) is 22.6. The number of carboxylic acid groups (broad SMARTS) is 1. The van der Waals surface area contributed by atoms with Gasteiger partial charge in [0.25, 0.3) is 0 Å². The first kappa shape index (κ1) is 23.1. The standard InChI is InChI=1S/C20H22FN3O5S/c1-12(2)18-16(10-9-15(25)11-17(26)27)19(13-5-7-14(21)8-6-13)23-20(22-18)24(3)30(4,28)29/h5-10,12H,11H2,1-4H3,(H,26,27)/b10-9+. The lowest BCUT2D eigenvalue weighted by Crippen LogP contribution is -2.27. The summed E-state index contributed by atoms with van der Waals surface area (Å²) in [6, 6.07) is 5.41. The Morgan fingerprint density at radius 1 is 1.20 bits per heavy atom. The molecule has 2 aromatic rings. The van der Waals surface area contributed by atoms with Crippen molar-refractivity contribution >= 4 is 33.8 Å². The highest BCUT2D eigenvalue weighted by atomic mass is 32.2. The van der Waals surface area contributed by atoms with Gasteiger partial charge in [0.15, 0.2) is 5.78 Å². The summed E-state index contributed by atoms with van der Waals surface area (Å²) in [5.41, 5.74) is 1.64. The lowest BCUT2D eigenvalue weighted by molar-refractivity contribution is -0.139. The van der Waals surface area contributed by atoms with Crippen LogP contribution in [0.15, 0.2) is 30.3 Å². The van der Waals surface area contributed by atoms with E-state index in [-0.39, 0.29) is 11.9 Å². The van der Waals surface area contributed by atoms with Gasteiger partial charge >= 0.3 is 5.97 Å². The third-order valence-electron chi connectivity index (χ3n) is 4.17. The molecule has 10 heteroatoms. The number of aliphatic carboxylic acids is 1. The van der Waals surface area contributed by atoms with E-state index in [1.165, 1.54) is 37.4 Å². The number of sulfonamides is 1. The average Bonchev–Trinajstić information content (AvgIpc) is 2.64. The summed E-state index contributed by atoms with van der Waals surface area (Å²) in [4.78, 5) is 31.3. The van der Waals surface area contributed by atoms with Gasteiger partial charge in [-0.1, -0.05) is 13.8 Å². The van der Waals surface area contributed by atoms with Crippen molar-refractivity contribution in [3.63, 3.8) is 0 Å². The molecule has 0 bridgehead atoms. The van der Waals surface area contributed by atoms with Gasteiger partial charge in [-0.2, -0.15) is 0 Å². The van der Waals surface area contributed by atoms with Gasteiger partial charge in [-0.05, 0) is 42.3 Å². The molecule has 0 aliphatic rings. The Labute approximate surface area is 174 Å². The van der Waals surface area contributed by atoms with E-state index < -0.39 is 34.0 Å². The third-order valence-corrected chi connectivity index (χ3v) is 5.33. The number of anilines is 1. The minimum absolute atomic E-state index is 0.0745. The van der Waals surface area contributed by atoms with E-state index in [0.29, 0.717) is 22.5 Å². The van der Waals surface area contributed by atoms with Crippen LogP contribution < -0.4 is 4.31 Å². The van der Waals surface area contributed by atoms with Crippen molar-refractivity contribution in [2.24, 2.45) is 0 Å². The highest BCUT2D eigenvalue weighted by Gasteiger charge is 2.22. The van der Waals surface area contributed by atoms with Gasteiger partial charge in [-0.3, -0.25) is 9.59 Å². The second kappa shape index (κ2) is 9.12. The molecule has 0 atom stereocenters. The molecule has 0 radical (unpaired) electrons. The molecule has 0 unspecified atom stereocenters. The monoisotopic (exact) mass is 435 g/mol. The minimum Gasteiger partial charge on any atom is -0.481 e. The summed E-state index contributed by atoms with van der Waals surface area (Å²) < 4.78 is 38.3. The Morgan fingerprint density at radius 3 is 2.30 bits per heavy atom. The Hall–Kier alpha value is -3.14. The number of hydrogen-bond donors (Lipinski definition) is 1. The highest BCUT2D eigenvalue weighted by molar-refractivity contribution is 7.92. The Kier molecular flexibility index (Phi) is 7.04. The fraction of sp³-hybridized carbons (Fsp3) is 0.300. The van der Waals surface area contributed by atoms with Crippen molar-refractivity contribution < 1.29 is 27.5 Å². The van der Waals surface area contributed by atoms with Gasteiger partial charge in [0.2, 0.25) is 16.0 Å². The quantitative estimate of drug-likeness (QED) is 0.500. The van der Waals surface area contributed by atoms with Crippen molar-refractivity contribution in [3.05, 3.63) is 47.4 Å². The number of allylic oxidation sites excluding steroid dienone is 1. The van der Waals surface area contributed by atoms with E-state index in [1.54, 1.807) is 0 Å². The maximum atomic E-state index is 13.4. The number of carbonyl (C=O) groups is 2. The van der Waals surface area contributed by atoms with Crippen LogP contribution in [0, 0.1) is 5.82 Å². The number of halogens is 1. The molecule has 0 spiro atoms. The number of rotatable bonds is 8. The van der Waals surface area contributed by atoms with Crippen LogP contribution in [0.5, 0.6) is 0 Å². The van der Waals surface area contributed by atoms with E-state index in [1.807, 2.05) is 13.8 Å². The van der Waals surface area contributed by atoms with E-state index in [9.17, 15) is 22.4 Å². The van der Waals surface area contributed by atoms with E-state index in [0.717, 1.165) is 16.6 Å². The van der Waals surface area contributed by atoms with Crippen molar-refractivity contribution in [1.82, 2.24) is 9.97 Å². The average molecular weight is 435 g/mol. The van der Waals surface area contributed by atoms with Crippen molar-refractivity contribution in [3.8, 4) is 11.3 Å². The zero-order valence-electron chi connectivity index (χ0n) is 17.0. The predicted molar refractivity (Wildman–Crippen MR) is 111 cm³/mol. The van der Waals surface area contributed by atoms with Gasteiger partial charge in [0.05, 0.1) is 17.6 Å². The Morgan fingerprint density at radius 2 is 1.80 bits per heavy atom. The summed E-state index contributed by atoms with van der Waals surface area (Å²) in [5.74, 6) is -2.60. The lowest BCUT2D eigenvalue weighted by Gasteiger charge is -2.20. The molecule has 1 aromatic carbocycles. The first-order valence-corrected chi connectivity index (χ1v) is 10.8.